The number of Topliss-reactive ketones (excluding diaryl/α,β-unsaturated/α-hetero) is 1. The van der Waals surface area contributed by atoms with Gasteiger partial charge in [-0.3, -0.25) is 9.69 Å². The molecule has 1 aliphatic heterocycles. The van der Waals surface area contributed by atoms with E-state index < -0.39 is 42.7 Å². The number of hydrogen-bond donors (Lipinski definition) is 3. The SMILES string of the molecule is O=C1OC(C(O)CO)C(=O)C1N(CCc1ccccc1)C(=O)O. The molecule has 23 heavy (non-hydrogen) atoms. The molecule has 3 atom stereocenters. The monoisotopic (exact) mass is 323 g/mol. The second-order valence-electron chi connectivity index (χ2n) is 5.12. The molecular formula is C15H17NO7. The lowest BCUT2D eigenvalue weighted by molar-refractivity contribution is -0.150. The van der Waals surface area contributed by atoms with Crippen LogP contribution in [0.3, 0.4) is 0 Å². The van der Waals surface area contributed by atoms with E-state index in [1.165, 1.54) is 0 Å². The summed E-state index contributed by atoms with van der Waals surface area (Å²) in [4.78, 5) is 36.1. The van der Waals surface area contributed by atoms with Gasteiger partial charge >= 0.3 is 12.1 Å². The van der Waals surface area contributed by atoms with Gasteiger partial charge < -0.3 is 20.1 Å². The van der Waals surface area contributed by atoms with E-state index in [0.717, 1.165) is 5.56 Å². The maximum Gasteiger partial charge on any atom is 0.408 e. The van der Waals surface area contributed by atoms with Crippen molar-refractivity contribution in [3.05, 3.63) is 35.9 Å². The van der Waals surface area contributed by atoms with E-state index in [2.05, 4.69) is 0 Å². The minimum absolute atomic E-state index is 0.0766. The van der Waals surface area contributed by atoms with E-state index in [4.69, 9.17) is 9.84 Å². The van der Waals surface area contributed by atoms with E-state index >= 15 is 0 Å². The highest BCUT2D eigenvalue weighted by atomic mass is 16.6. The lowest BCUT2D eigenvalue weighted by Crippen LogP contribution is -2.49. The maximum absolute atomic E-state index is 12.2. The molecule has 3 unspecified atom stereocenters. The number of amides is 1. The van der Waals surface area contributed by atoms with Crippen LogP contribution in [0.25, 0.3) is 0 Å². The highest BCUT2D eigenvalue weighted by molar-refractivity contribution is 6.12. The average Bonchev–Trinajstić information content (AvgIpc) is 2.83. The van der Waals surface area contributed by atoms with Crippen molar-refractivity contribution in [1.29, 1.82) is 0 Å². The van der Waals surface area contributed by atoms with Gasteiger partial charge in [0, 0.05) is 6.54 Å². The van der Waals surface area contributed by atoms with Gasteiger partial charge in [-0.05, 0) is 12.0 Å². The quantitative estimate of drug-likeness (QED) is 0.473. The van der Waals surface area contributed by atoms with Crippen molar-refractivity contribution >= 4 is 17.8 Å². The van der Waals surface area contributed by atoms with E-state index in [1.807, 2.05) is 6.07 Å². The van der Waals surface area contributed by atoms with Crippen LogP contribution < -0.4 is 0 Å². The number of nitrogens with zero attached hydrogens (tertiary/aromatic N) is 1. The summed E-state index contributed by atoms with van der Waals surface area (Å²) >= 11 is 0. The zero-order valence-electron chi connectivity index (χ0n) is 12.2. The van der Waals surface area contributed by atoms with Gasteiger partial charge in [-0.25, -0.2) is 9.59 Å². The number of aliphatic hydroxyl groups excluding tert-OH is 2. The Hall–Kier alpha value is -2.45. The van der Waals surface area contributed by atoms with Crippen molar-refractivity contribution in [3.63, 3.8) is 0 Å². The summed E-state index contributed by atoms with van der Waals surface area (Å²) in [6.07, 6.45) is -4.23. The fourth-order valence-corrected chi connectivity index (χ4v) is 2.39. The number of ether oxygens (including phenoxy) is 1. The van der Waals surface area contributed by atoms with Crippen LogP contribution in [0.4, 0.5) is 4.79 Å². The molecule has 3 N–H and O–H groups in total. The summed E-state index contributed by atoms with van der Waals surface area (Å²) in [6.45, 7) is -0.847. The van der Waals surface area contributed by atoms with Crippen LogP contribution in [-0.2, 0) is 20.7 Å². The molecule has 0 aliphatic carbocycles. The Kier molecular flexibility index (Phi) is 5.30. The summed E-state index contributed by atoms with van der Waals surface area (Å²) in [5, 5.41) is 27.6. The van der Waals surface area contributed by atoms with Gasteiger partial charge in [0.2, 0.25) is 5.78 Å². The number of benzene rings is 1. The predicted octanol–water partition coefficient (Wildman–Crippen LogP) is -0.575. The van der Waals surface area contributed by atoms with Gasteiger partial charge in [0.05, 0.1) is 6.61 Å². The lowest BCUT2D eigenvalue weighted by atomic mass is 10.0. The third-order valence-corrected chi connectivity index (χ3v) is 3.59. The van der Waals surface area contributed by atoms with Gasteiger partial charge in [-0.2, -0.15) is 0 Å². The van der Waals surface area contributed by atoms with Crippen molar-refractivity contribution < 1.29 is 34.4 Å². The van der Waals surface area contributed by atoms with Gasteiger partial charge in [0.25, 0.3) is 0 Å². The maximum atomic E-state index is 12.2. The first kappa shape index (κ1) is 16.9. The minimum atomic E-state index is -1.62. The fraction of sp³-hybridized carbons (Fsp3) is 0.400. The third-order valence-electron chi connectivity index (χ3n) is 3.59. The second-order valence-corrected chi connectivity index (χ2v) is 5.12. The zero-order valence-corrected chi connectivity index (χ0v) is 12.2. The molecule has 0 radical (unpaired) electrons. The first-order chi connectivity index (χ1) is 11.0. The molecule has 1 amide bonds. The highest BCUT2D eigenvalue weighted by Crippen LogP contribution is 2.20. The average molecular weight is 323 g/mol. The first-order valence-corrected chi connectivity index (χ1v) is 7.02. The third kappa shape index (κ3) is 3.66. The molecule has 0 spiro atoms. The fourth-order valence-electron chi connectivity index (χ4n) is 2.39. The van der Waals surface area contributed by atoms with Crippen molar-refractivity contribution in [2.75, 3.05) is 13.2 Å². The molecule has 8 nitrogen and oxygen atoms in total. The Morgan fingerprint density at radius 3 is 2.48 bits per heavy atom. The molecule has 1 aliphatic rings. The summed E-state index contributed by atoms with van der Waals surface area (Å²) in [6, 6.07) is 7.38. The van der Waals surface area contributed by atoms with Crippen molar-refractivity contribution in [2.24, 2.45) is 0 Å². The van der Waals surface area contributed by atoms with Crippen LogP contribution in [-0.4, -0.2) is 69.5 Å². The summed E-state index contributed by atoms with van der Waals surface area (Å²) < 4.78 is 4.72. The standard InChI is InChI=1S/C15H17NO7/c17-8-10(18)13-12(19)11(14(20)23-13)16(15(21)22)7-6-9-4-2-1-3-5-9/h1-5,10-11,13,17-18H,6-8H2,(H,21,22). The first-order valence-electron chi connectivity index (χ1n) is 7.02. The smallest absolute Gasteiger partial charge is 0.408 e. The molecule has 1 saturated heterocycles. The Bertz CT molecular complexity index is 589. The van der Waals surface area contributed by atoms with E-state index in [1.54, 1.807) is 24.3 Å². The van der Waals surface area contributed by atoms with Crippen molar-refractivity contribution in [3.8, 4) is 0 Å². The largest absolute Gasteiger partial charge is 0.465 e. The summed E-state index contributed by atoms with van der Waals surface area (Å²) in [7, 11) is 0. The Morgan fingerprint density at radius 1 is 1.26 bits per heavy atom. The number of carboxylic acid groups (broad SMARTS) is 1. The number of cyclic esters (lactones) is 1. The van der Waals surface area contributed by atoms with Crippen LogP contribution in [0.5, 0.6) is 0 Å². The van der Waals surface area contributed by atoms with Gasteiger partial charge in [0.1, 0.15) is 6.10 Å². The molecule has 124 valence electrons. The van der Waals surface area contributed by atoms with Crippen LogP contribution >= 0.6 is 0 Å². The van der Waals surface area contributed by atoms with Crippen LogP contribution in [0, 0.1) is 0 Å². The number of aliphatic hydroxyl groups is 2. The van der Waals surface area contributed by atoms with Crippen molar-refractivity contribution in [1.82, 2.24) is 4.90 Å². The van der Waals surface area contributed by atoms with Crippen LogP contribution in [0.15, 0.2) is 30.3 Å². The molecule has 1 heterocycles. The van der Waals surface area contributed by atoms with Crippen LogP contribution in [0.1, 0.15) is 5.56 Å². The molecule has 0 aromatic heterocycles. The highest BCUT2D eigenvalue weighted by Gasteiger charge is 2.50. The molecule has 2 rings (SSSR count). The van der Waals surface area contributed by atoms with Gasteiger partial charge in [-0.1, -0.05) is 30.3 Å². The lowest BCUT2D eigenvalue weighted by Gasteiger charge is -2.22. The van der Waals surface area contributed by atoms with Crippen LogP contribution in [0.2, 0.25) is 0 Å². The Balaban J connectivity index is 2.12. The molecule has 0 bridgehead atoms. The molecule has 1 aromatic rings. The number of esters is 1. The molecular weight excluding hydrogens is 306 g/mol. The number of ketones is 1. The van der Waals surface area contributed by atoms with Gasteiger partial charge in [-0.15, -0.1) is 0 Å². The summed E-state index contributed by atoms with van der Waals surface area (Å²) in [5.74, 6) is -1.91. The Morgan fingerprint density at radius 2 is 1.91 bits per heavy atom. The Labute approximate surface area is 131 Å². The molecule has 8 heteroatoms. The number of carbonyl (C=O) groups excluding carboxylic acids is 2. The normalized spacial score (nSPS) is 21.8. The summed E-state index contributed by atoms with van der Waals surface area (Å²) in [5.41, 5.74) is 0.851. The number of hydrogen-bond acceptors (Lipinski definition) is 6. The number of rotatable bonds is 6. The van der Waals surface area contributed by atoms with E-state index in [-0.39, 0.29) is 6.54 Å². The topological polar surface area (TPSA) is 124 Å². The van der Waals surface area contributed by atoms with Gasteiger partial charge in [0.15, 0.2) is 12.1 Å². The second kappa shape index (κ2) is 7.21. The minimum Gasteiger partial charge on any atom is -0.465 e. The molecule has 1 aromatic carbocycles. The zero-order chi connectivity index (χ0) is 17.0. The molecule has 1 fully saturated rings. The van der Waals surface area contributed by atoms with E-state index in [9.17, 15) is 24.6 Å². The van der Waals surface area contributed by atoms with Crippen molar-refractivity contribution in [2.45, 2.75) is 24.7 Å². The van der Waals surface area contributed by atoms with E-state index in [0.29, 0.717) is 11.3 Å². The molecule has 0 saturated carbocycles. The predicted molar refractivity (Wildman–Crippen MR) is 76.6 cm³/mol. The number of carbonyl (C=O) groups is 3.